The minimum absolute atomic E-state index is 0.169. The summed E-state index contributed by atoms with van der Waals surface area (Å²) < 4.78 is 0. The number of Topliss-reactive ketones (excluding diaryl/α,β-unsaturated/α-hetero) is 1. The number of likely N-dealkylation sites (tertiary alicyclic amines) is 1. The van der Waals surface area contributed by atoms with Gasteiger partial charge in [0.15, 0.2) is 0 Å². The van der Waals surface area contributed by atoms with Gasteiger partial charge in [0.25, 0.3) is 0 Å². The maximum Gasteiger partial charge on any atom is 0.149 e. The minimum atomic E-state index is 0.169. The predicted octanol–water partition coefficient (Wildman–Crippen LogP) is 1.45. The summed E-state index contributed by atoms with van der Waals surface area (Å²) in [4.78, 5) is 13.5. The third kappa shape index (κ3) is 2.03. The number of ketones is 1. The van der Waals surface area contributed by atoms with E-state index in [9.17, 15) is 4.79 Å². The summed E-state index contributed by atoms with van der Waals surface area (Å²) in [5.41, 5.74) is 0. The molecule has 1 heterocycles. The molecule has 1 rings (SSSR count). The van der Waals surface area contributed by atoms with Crippen LogP contribution in [0.2, 0.25) is 0 Å². The van der Waals surface area contributed by atoms with Crippen LogP contribution in [0, 0.1) is 0 Å². The minimum Gasteiger partial charge on any atom is -0.298 e. The summed E-state index contributed by atoms with van der Waals surface area (Å²) in [5.74, 6) is 0.381. The van der Waals surface area contributed by atoms with Gasteiger partial charge in [0.05, 0.1) is 6.04 Å². The van der Waals surface area contributed by atoms with Crippen LogP contribution in [0.3, 0.4) is 0 Å². The van der Waals surface area contributed by atoms with Gasteiger partial charge < -0.3 is 0 Å². The van der Waals surface area contributed by atoms with E-state index in [2.05, 4.69) is 4.90 Å². The van der Waals surface area contributed by atoms with Crippen LogP contribution in [0.25, 0.3) is 0 Å². The van der Waals surface area contributed by atoms with Crippen LogP contribution in [0.4, 0.5) is 0 Å². The van der Waals surface area contributed by atoms with Crippen molar-refractivity contribution in [2.24, 2.45) is 0 Å². The largest absolute Gasteiger partial charge is 0.298 e. The molecule has 11 heavy (non-hydrogen) atoms. The van der Waals surface area contributed by atoms with Gasteiger partial charge in [-0.25, -0.2) is 0 Å². The fraction of sp³-hybridized carbons (Fsp3) is 0.889. The van der Waals surface area contributed by atoms with Crippen LogP contribution in [-0.2, 0) is 4.79 Å². The molecule has 1 aliphatic heterocycles. The summed E-state index contributed by atoms with van der Waals surface area (Å²) in [6.45, 7) is 6.20. The molecule has 1 fully saturated rings. The Kier molecular flexibility index (Phi) is 3.06. The Hall–Kier alpha value is -0.370. The van der Waals surface area contributed by atoms with Gasteiger partial charge in [0.2, 0.25) is 0 Å². The Morgan fingerprint density at radius 3 is 2.45 bits per heavy atom. The quantitative estimate of drug-likeness (QED) is 0.615. The van der Waals surface area contributed by atoms with Gasteiger partial charge in [-0.05, 0) is 32.9 Å². The summed E-state index contributed by atoms with van der Waals surface area (Å²) in [6.07, 6.45) is 3.21. The van der Waals surface area contributed by atoms with E-state index in [0.29, 0.717) is 12.2 Å². The van der Waals surface area contributed by atoms with Gasteiger partial charge in [-0.15, -0.1) is 0 Å². The predicted molar refractivity (Wildman–Crippen MR) is 45.6 cm³/mol. The van der Waals surface area contributed by atoms with Crippen molar-refractivity contribution in [3.63, 3.8) is 0 Å². The van der Waals surface area contributed by atoms with Crippen LogP contribution in [0.1, 0.15) is 33.1 Å². The Labute approximate surface area is 68.6 Å². The number of carbonyl (C=O) groups excluding carboxylic acids is 1. The number of carbonyl (C=O) groups is 1. The molecular weight excluding hydrogens is 138 g/mol. The van der Waals surface area contributed by atoms with Crippen LogP contribution >= 0.6 is 0 Å². The number of hydrogen-bond donors (Lipinski definition) is 0. The zero-order chi connectivity index (χ0) is 8.27. The molecule has 2 nitrogen and oxygen atoms in total. The van der Waals surface area contributed by atoms with E-state index in [-0.39, 0.29) is 6.04 Å². The molecule has 0 N–H and O–H groups in total. The maximum atomic E-state index is 11.3. The molecule has 1 unspecified atom stereocenters. The average Bonchev–Trinajstić information content (AvgIpc) is 2.53. The molecule has 0 aliphatic carbocycles. The van der Waals surface area contributed by atoms with E-state index in [4.69, 9.17) is 0 Å². The Bertz CT molecular complexity index is 138. The lowest BCUT2D eigenvalue weighted by atomic mass is 10.1. The van der Waals surface area contributed by atoms with Gasteiger partial charge in [-0.2, -0.15) is 0 Å². The standard InChI is InChI=1S/C9H17NO/c1-3-9(11)8(2)10-6-4-5-7-10/h8H,3-7H2,1-2H3. The van der Waals surface area contributed by atoms with Crippen molar-refractivity contribution in [3.05, 3.63) is 0 Å². The first kappa shape index (κ1) is 8.72. The molecule has 0 amide bonds. The van der Waals surface area contributed by atoms with Gasteiger partial charge >= 0.3 is 0 Å². The lowest BCUT2D eigenvalue weighted by Crippen LogP contribution is -2.36. The lowest BCUT2D eigenvalue weighted by molar-refractivity contribution is -0.123. The highest BCUT2D eigenvalue weighted by Crippen LogP contribution is 2.12. The number of hydrogen-bond acceptors (Lipinski definition) is 2. The van der Waals surface area contributed by atoms with E-state index in [1.807, 2.05) is 13.8 Å². The molecule has 0 bridgehead atoms. The fourth-order valence-corrected chi connectivity index (χ4v) is 1.63. The van der Waals surface area contributed by atoms with Crippen LogP contribution in [0.15, 0.2) is 0 Å². The smallest absolute Gasteiger partial charge is 0.149 e. The van der Waals surface area contributed by atoms with Crippen LogP contribution in [-0.4, -0.2) is 29.8 Å². The molecule has 1 aliphatic rings. The van der Waals surface area contributed by atoms with Crippen molar-refractivity contribution in [3.8, 4) is 0 Å². The molecule has 64 valence electrons. The third-order valence-electron chi connectivity index (χ3n) is 2.50. The van der Waals surface area contributed by atoms with Gasteiger partial charge in [-0.3, -0.25) is 9.69 Å². The molecule has 0 aromatic rings. The average molecular weight is 155 g/mol. The molecule has 0 spiro atoms. The van der Waals surface area contributed by atoms with E-state index >= 15 is 0 Å². The molecule has 0 saturated carbocycles. The second-order valence-electron chi connectivity index (χ2n) is 3.24. The topological polar surface area (TPSA) is 20.3 Å². The van der Waals surface area contributed by atoms with E-state index in [1.54, 1.807) is 0 Å². The molecular formula is C9H17NO. The normalized spacial score (nSPS) is 22.0. The highest BCUT2D eigenvalue weighted by Gasteiger charge is 2.21. The monoisotopic (exact) mass is 155 g/mol. The van der Waals surface area contributed by atoms with Gasteiger partial charge in [0, 0.05) is 6.42 Å². The van der Waals surface area contributed by atoms with Crippen molar-refractivity contribution in [1.82, 2.24) is 4.90 Å². The van der Waals surface area contributed by atoms with Gasteiger partial charge in [0.1, 0.15) is 5.78 Å². The summed E-state index contributed by atoms with van der Waals surface area (Å²) in [5, 5.41) is 0. The first-order chi connectivity index (χ1) is 5.25. The van der Waals surface area contributed by atoms with Gasteiger partial charge in [-0.1, -0.05) is 6.92 Å². The maximum absolute atomic E-state index is 11.3. The molecule has 1 saturated heterocycles. The van der Waals surface area contributed by atoms with Crippen molar-refractivity contribution in [1.29, 1.82) is 0 Å². The summed E-state index contributed by atoms with van der Waals surface area (Å²) in [6, 6.07) is 0.169. The highest BCUT2D eigenvalue weighted by atomic mass is 16.1. The number of nitrogens with zero attached hydrogens (tertiary/aromatic N) is 1. The van der Waals surface area contributed by atoms with E-state index in [0.717, 1.165) is 13.1 Å². The zero-order valence-corrected chi connectivity index (χ0v) is 7.47. The lowest BCUT2D eigenvalue weighted by Gasteiger charge is -2.21. The van der Waals surface area contributed by atoms with Crippen molar-refractivity contribution >= 4 is 5.78 Å². The first-order valence-corrected chi connectivity index (χ1v) is 4.52. The molecule has 1 atom stereocenters. The second kappa shape index (κ2) is 3.86. The van der Waals surface area contributed by atoms with Crippen molar-refractivity contribution in [2.45, 2.75) is 39.2 Å². The highest BCUT2D eigenvalue weighted by molar-refractivity contribution is 5.83. The SMILES string of the molecule is CCC(=O)C(C)N1CCCC1. The third-order valence-corrected chi connectivity index (χ3v) is 2.50. The first-order valence-electron chi connectivity index (χ1n) is 4.52. The second-order valence-corrected chi connectivity index (χ2v) is 3.24. The van der Waals surface area contributed by atoms with E-state index in [1.165, 1.54) is 12.8 Å². The van der Waals surface area contributed by atoms with Crippen LogP contribution in [0.5, 0.6) is 0 Å². The zero-order valence-electron chi connectivity index (χ0n) is 7.47. The molecule has 0 radical (unpaired) electrons. The molecule has 2 heteroatoms. The summed E-state index contributed by atoms with van der Waals surface area (Å²) in [7, 11) is 0. The molecule has 0 aromatic carbocycles. The van der Waals surface area contributed by atoms with Crippen molar-refractivity contribution < 1.29 is 4.79 Å². The van der Waals surface area contributed by atoms with Crippen molar-refractivity contribution in [2.75, 3.05) is 13.1 Å². The van der Waals surface area contributed by atoms with Crippen LogP contribution < -0.4 is 0 Å². The molecule has 0 aromatic heterocycles. The Balaban J connectivity index is 2.39. The Morgan fingerprint density at radius 2 is 2.00 bits per heavy atom. The fourth-order valence-electron chi connectivity index (χ4n) is 1.63. The van der Waals surface area contributed by atoms with E-state index < -0.39 is 0 Å². The Morgan fingerprint density at radius 1 is 1.45 bits per heavy atom. The number of rotatable bonds is 3. The summed E-state index contributed by atoms with van der Waals surface area (Å²) >= 11 is 0.